The second-order valence-electron chi connectivity index (χ2n) is 4.56. The van der Waals surface area contributed by atoms with Crippen molar-refractivity contribution >= 4 is 11.6 Å². The molecule has 0 radical (unpaired) electrons. The van der Waals surface area contributed by atoms with Crippen LogP contribution in [0.15, 0.2) is 24.3 Å². The van der Waals surface area contributed by atoms with Crippen LogP contribution in [0, 0.1) is 0 Å². The fraction of sp³-hybridized carbons (Fsp3) is 0.500. The zero-order valence-corrected chi connectivity index (χ0v) is 11.2. The predicted octanol–water partition coefficient (Wildman–Crippen LogP) is 2.51. The maximum atomic E-state index is 11.6. The smallest absolute Gasteiger partial charge is 0.222 e. The zero-order chi connectivity index (χ0) is 12.8. The van der Waals surface area contributed by atoms with E-state index >= 15 is 0 Å². The third-order valence-corrected chi connectivity index (χ3v) is 2.76. The van der Waals surface area contributed by atoms with Crippen molar-refractivity contribution in [3.8, 4) is 0 Å². The molecule has 0 aliphatic carbocycles. The highest BCUT2D eigenvalue weighted by Crippen LogP contribution is 2.13. The lowest BCUT2D eigenvalue weighted by Gasteiger charge is -2.18. The van der Waals surface area contributed by atoms with Crippen LogP contribution in [0.1, 0.15) is 25.3 Å². The van der Waals surface area contributed by atoms with Gasteiger partial charge in [0.15, 0.2) is 0 Å². The number of amides is 1. The van der Waals surface area contributed by atoms with Crippen LogP contribution in [-0.4, -0.2) is 32.0 Å². The molecule has 94 valence electrons. The molecule has 0 aromatic heterocycles. The average molecular weight is 234 g/mol. The topological polar surface area (TPSA) is 23.6 Å². The van der Waals surface area contributed by atoms with Crippen molar-refractivity contribution in [1.82, 2.24) is 4.90 Å². The Balaban J connectivity index is 2.60. The Kier molecular flexibility index (Phi) is 5.01. The minimum absolute atomic E-state index is 0.212. The summed E-state index contributed by atoms with van der Waals surface area (Å²) in [5.74, 6) is 0.212. The summed E-state index contributed by atoms with van der Waals surface area (Å²) in [6, 6.07) is 8.30. The van der Waals surface area contributed by atoms with E-state index in [4.69, 9.17) is 0 Å². The molecule has 17 heavy (non-hydrogen) atoms. The number of hydrogen-bond donors (Lipinski definition) is 0. The predicted molar refractivity (Wildman–Crippen MR) is 72.2 cm³/mol. The first-order valence-electron chi connectivity index (χ1n) is 6.04. The van der Waals surface area contributed by atoms with E-state index in [2.05, 4.69) is 29.2 Å². The Labute approximate surface area is 104 Å². The molecular formula is C14H22N2O. The Morgan fingerprint density at radius 1 is 1.12 bits per heavy atom. The molecule has 0 spiro atoms. The fourth-order valence-electron chi connectivity index (χ4n) is 1.67. The number of carbonyl (C=O) groups excluding carboxylic acids is 1. The van der Waals surface area contributed by atoms with Gasteiger partial charge in [0.25, 0.3) is 0 Å². The number of hydrogen-bond acceptors (Lipinski definition) is 2. The maximum absolute atomic E-state index is 11.6. The summed E-state index contributed by atoms with van der Waals surface area (Å²) in [6.45, 7) is 2.71. The van der Waals surface area contributed by atoms with Gasteiger partial charge in [-0.1, -0.05) is 19.1 Å². The van der Waals surface area contributed by atoms with Gasteiger partial charge in [0.2, 0.25) is 5.91 Å². The molecule has 0 saturated heterocycles. The largest absolute Gasteiger partial charge is 0.378 e. The van der Waals surface area contributed by atoms with Crippen LogP contribution in [0.5, 0.6) is 0 Å². The first kappa shape index (κ1) is 13.6. The molecule has 0 aliphatic heterocycles. The molecule has 0 unspecified atom stereocenters. The van der Waals surface area contributed by atoms with Gasteiger partial charge in [-0.25, -0.2) is 0 Å². The first-order chi connectivity index (χ1) is 8.04. The third kappa shape index (κ3) is 4.10. The molecule has 0 N–H and O–H groups in total. The van der Waals surface area contributed by atoms with Crippen LogP contribution < -0.4 is 4.90 Å². The first-order valence-corrected chi connectivity index (χ1v) is 6.04. The van der Waals surface area contributed by atoms with Crippen molar-refractivity contribution in [2.24, 2.45) is 0 Å². The molecule has 1 aromatic carbocycles. The lowest BCUT2D eigenvalue weighted by Crippen LogP contribution is -2.25. The summed E-state index contributed by atoms with van der Waals surface area (Å²) >= 11 is 0. The molecule has 3 heteroatoms. The van der Waals surface area contributed by atoms with Crippen LogP contribution in [0.4, 0.5) is 5.69 Å². The molecule has 1 aromatic rings. The van der Waals surface area contributed by atoms with Crippen molar-refractivity contribution in [3.63, 3.8) is 0 Å². The second-order valence-corrected chi connectivity index (χ2v) is 4.56. The highest BCUT2D eigenvalue weighted by molar-refractivity contribution is 5.75. The molecule has 0 heterocycles. The number of nitrogens with zero attached hydrogens (tertiary/aromatic N) is 2. The van der Waals surface area contributed by atoms with E-state index in [9.17, 15) is 4.79 Å². The summed E-state index contributed by atoms with van der Waals surface area (Å²) < 4.78 is 0. The van der Waals surface area contributed by atoms with Gasteiger partial charge in [-0.2, -0.15) is 0 Å². The summed E-state index contributed by atoms with van der Waals surface area (Å²) in [7, 11) is 5.90. The van der Waals surface area contributed by atoms with Gasteiger partial charge in [-0.05, 0) is 24.1 Å². The number of benzene rings is 1. The maximum Gasteiger partial charge on any atom is 0.222 e. The minimum Gasteiger partial charge on any atom is -0.378 e. The summed E-state index contributed by atoms with van der Waals surface area (Å²) in [5, 5.41) is 0. The van der Waals surface area contributed by atoms with Gasteiger partial charge in [0.05, 0.1) is 0 Å². The van der Waals surface area contributed by atoms with E-state index in [0.29, 0.717) is 13.0 Å². The Bertz CT molecular complexity index is 357. The lowest BCUT2D eigenvalue weighted by atomic mass is 10.2. The van der Waals surface area contributed by atoms with Crippen molar-refractivity contribution in [1.29, 1.82) is 0 Å². The van der Waals surface area contributed by atoms with Crippen molar-refractivity contribution in [2.45, 2.75) is 26.3 Å². The SMILES string of the molecule is CCCC(=O)N(C)Cc1ccc(N(C)C)cc1. The average Bonchev–Trinajstić information content (AvgIpc) is 2.30. The van der Waals surface area contributed by atoms with Gasteiger partial charge in [-0.3, -0.25) is 4.79 Å². The van der Waals surface area contributed by atoms with Crippen LogP contribution in [-0.2, 0) is 11.3 Å². The summed E-state index contributed by atoms with van der Waals surface area (Å²) in [6.07, 6.45) is 1.54. The van der Waals surface area contributed by atoms with Crippen LogP contribution in [0.2, 0.25) is 0 Å². The number of carbonyl (C=O) groups is 1. The molecule has 0 bridgehead atoms. The molecule has 0 saturated carbocycles. The van der Waals surface area contributed by atoms with Gasteiger partial charge in [0, 0.05) is 39.8 Å². The Hall–Kier alpha value is -1.51. The quantitative estimate of drug-likeness (QED) is 0.781. The van der Waals surface area contributed by atoms with Crippen LogP contribution in [0.3, 0.4) is 0 Å². The van der Waals surface area contributed by atoms with Crippen LogP contribution in [0.25, 0.3) is 0 Å². The zero-order valence-electron chi connectivity index (χ0n) is 11.2. The highest BCUT2D eigenvalue weighted by Gasteiger charge is 2.07. The standard InChI is InChI=1S/C14H22N2O/c1-5-6-14(17)16(4)11-12-7-9-13(10-8-12)15(2)3/h7-10H,5-6,11H2,1-4H3. The van der Waals surface area contributed by atoms with Gasteiger partial charge >= 0.3 is 0 Å². The molecule has 3 nitrogen and oxygen atoms in total. The van der Waals surface area contributed by atoms with E-state index < -0.39 is 0 Å². The molecular weight excluding hydrogens is 212 g/mol. The lowest BCUT2D eigenvalue weighted by molar-refractivity contribution is -0.130. The monoisotopic (exact) mass is 234 g/mol. The van der Waals surface area contributed by atoms with E-state index in [1.807, 2.05) is 28.1 Å². The number of anilines is 1. The van der Waals surface area contributed by atoms with E-state index in [-0.39, 0.29) is 5.91 Å². The van der Waals surface area contributed by atoms with Gasteiger partial charge in [-0.15, -0.1) is 0 Å². The molecule has 0 fully saturated rings. The van der Waals surface area contributed by atoms with Gasteiger partial charge < -0.3 is 9.80 Å². The second kappa shape index (κ2) is 6.28. The Morgan fingerprint density at radius 2 is 1.71 bits per heavy atom. The molecule has 1 rings (SSSR count). The van der Waals surface area contributed by atoms with Crippen molar-refractivity contribution < 1.29 is 4.79 Å². The Morgan fingerprint density at radius 3 is 2.18 bits per heavy atom. The van der Waals surface area contributed by atoms with E-state index in [1.165, 1.54) is 11.3 Å². The van der Waals surface area contributed by atoms with Crippen molar-refractivity contribution in [2.75, 3.05) is 26.0 Å². The summed E-state index contributed by atoms with van der Waals surface area (Å²) in [5.41, 5.74) is 2.35. The molecule has 0 atom stereocenters. The molecule has 0 aliphatic rings. The van der Waals surface area contributed by atoms with Gasteiger partial charge in [0.1, 0.15) is 0 Å². The van der Waals surface area contributed by atoms with Crippen molar-refractivity contribution in [3.05, 3.63) is 29.8 Å². The van der Waals surface area contributed by atoms with E-state index in [0.717, 1.165) is 6.42 Å². The normalized spacial score (nSPS) is 10.1. The highest BCUT2D eigenvalue weighted by atomic mass is 16.2. The third-order valence-electron chi connectivity index (χ3n) is 2.76. The summed E-state index contributed by atoms with van der Waals surface area (Å²) in [4.78, 5) is 15.5. The fourth-order valence-corrected chi connectivity index (χ4v) is 1.67. The minimum atomic E-state index is 0.212. The number of rotatable bonds is 5. The van der Waals surface area contributed by atoms with E-state index in [1.54, 1.807) is 4.90 Å². The van der Waals surface area contributed by atoms with Crippen LogP contribution >= 0.6 is 0 Å². The molecule has 1 amide bonds.